The third-order valence-electron chi connectivity index (χ3n) is 4.52. The van der Waals surface area contributed by atoms with Gasteiger partial charge in [0.15, 0.2) is 11.5 Å². The molecule has 0 atom stereocenters. The maximum absolute atomic E-state index is 11.8. The number of rotatable bonds is 4. The van der Waals surface area contributed by atoms with Gasteiger partial charge in [-0.2, -0.15) is 0 Å². The molecule has 144 valence electrons. The number of carbonyl (C=O) groups is 2. The van der Waals surface area contributed by atoms with E-state index in [0.717, 1.165) is 0 Å². The summed E-state index contributed by atoms with van der Waals surface area (Å²) in [6.07, 6.45) is 0. The van der Waals surface area contributed by atoms with Crippen LogP contribution in [0.5, 0.6) is 11.5 Å². The van der Waals surface area contributed by atoms with Gasteiger partial charge in [-0.25, -0.2) is 0 Å². The molecule has 0 fully saturated rings. The molecule has 9 heteroatoms. The molecule has 0 aliphatic carbocycles. The van der Waals surface area contributed by atoms with Crippen molar-refractivity contribution in [2.24, 2.45) is 11.5 Å². The van der Waals surface area contributed by atoms with Crippen molar-refractivity contribution in [2.75, 3.05) is 5.32 Å². The average Bonchev–Trinajstić information content (AvgIpc) is 2.70. The van der Waals surface area contributed by atoms with E-state index in [1.807, 2.05) is 0 Å². The van der Waals surface area contributed by atoms with Crippen molar-refractivity contribution in [3.8, 4) is 22.6 Å². The lowest BCUT2D eigenvalue weighted by Crippen LogP contribution is -2.14. The normalized spacial score (nSPS) is 11.4. The fourth-order valence-corrected chi connectivity index (χ4v) is 3.07. The number of primary amides is 2. The van der Waals surface area contributed by atoms with Crippen molar-refractivity contribution in [1.82, 2.24) is 0 Å². The van der Waals surface area contributed by atoms with Crippen LogP contribution in [0.1, 0.15) is 20.7 Å². The minimum absolute atomic E-state index is 0.0535. The maximum Gasteiger partial charge on any atom is 0.269 e. The molecule has 5 N–H and O–H groups in total. The number of non-ortho nitro benzene ring substituents is 1. The number of carbonyl (C=O) groups excluding carboxylic acids is 2. The number of anilines is 2. The first-order chi connectivity index (χ1) is 13.8. The molecule has 29 heavy (non-hydrogen) atoms. The summed E-state index contributed by atoms with van der Waals surface area (Å²) in [4.78, 5) is 33.6. The van der Waals surface area contributed by atoms with Gasteiger partial charge < -0.3 is 21.5 Å². The van der Waals surface area contributed by atoms with Crippen LogP contribution >= 0.6 is 0 Å². The van der Waals surface area contributed by atoms with Gasteiger partial charge >= 0.3 is 0 Å². The molecule has 0 spiro atoms. The molecule has 3 aromatic rings. The van der Waals surface area contributed by atoms with Gasteiger partial charge in [-0.1, -0.05) is 0 Å². The molecule has 0 radical (unpaired) electrons. The predicted molar refractivity (Wildman–Crippen MR) is 105 cm³/mol. The van der Waals surface area contributed by atoms with Crippen LogP contribution in [0.2, 0.25) is 0 Å². The number of hydrogen-bond acceptors (Lipinski definition) is 6. The monoisotopic (exact) mass is 390 g/mol. The number of amides is 2. The van der Waals surface area contributed by atoms with Crippen LogP contribution in [0.4, 0.5) is 17.1 Å². The van der Waals surface area contributed by atoms with Gasteiger partial charge in [-0.05, 0) is 48.0 Å². The van der Waals surface area contributed by atoms with E-state index in [9.17, 15) is 19.7 Å². The second-order valence-electron chi connectivity index (χ2n) is 6.37. The highest BCUT2D eigenvalue weighted by Crippen LogP contribution is 2.47. The number of hydrogen-bond donors (Lipinski definition) is 3. The fraction of sp³-hybridized carbons (Fsp3) is 0. The quantitative estimate of drug-likeness (QED) is 0.359. The summed E-state index contributed by atoms with van der Waals surface area (Å²) in [5.41, 5.74) is 13.5. The number of fused-ring (bicyclic) bond motifs is 2. The van der Waals surface area contributed by atoms with Gasteiger partial charge in [0.25, 0.3) is 5.69 Å². The molecule has 3 aromatic carbocycles. The van der Waals surface area contributed by atoms with E-state index in [-0.39, 0.29) is 16.8 Å². The van der Waals surface area contributed by atoms with Crippen molar-refractivity contribution in [3.05, 3.63) is 75.8 Å². The summed E-state index contributed by atoms with van der Waals surface area (Å²) in [5.74, 6) is -0.565. The Hall–Kier alpha value is -4.40. The van der Waals surface area contributed by atoms with Crippen molar-refractivity contribution in [1.29, 1.82) is 0 Å². The van der Waals surface area contributed by atoms with Crippen LogP contribution < -0.4 is 21.5 Å². The average molecular weight is 390 g/mol. The van der Waals surface area contributed by atoms with E-state index in [4.69, 9.17) is 16.2 Å². The molecule has 4 rings (SSSR count). The Bertz CT molecular complexity index is 1190. The van der Waals surface area contributed by atoms with Crippen molar-refractivity contribution in [2.45, 2.75) is 0 Å². The van der Waals surface area contributed by atoms with Gasteiger partial charge in [0.05, 0.1) is 16.3 Å². The predicted octanol–water partition coefficient (Wildman–Crippen LogP) is 3.31. The topological polar surface area (TPSA) is 151 Å². The second kappa shape index (κ2) is 6.64. The number of nitrogens with one attached hydrogen (secondary N) is 1. The third-order valence-corrected chi connectivity index (χ3v) is 4.52. The maximum atomic E-state index is 11.8. The minimum Gasteiger partial charge on any atom is -0.453 e. The molecule has 0 bridgehead atoms. The van der Waals surface area contributed by atoms with Crippen molar-refractivity contribution < 1.29 is 19.2 Å². The second-order valence-corrected chi connectivity index (χ2v) is 6.37. The van der Waals surface area contributed by atoms with Gasteiger partial charge in [0, 0.05) is 28.8 Å². The zero-order valence-electron chi connectivity index (χ0n) is 14.8. The number of ether oxygens (including phenoxy) is 1. The summed E-state index contributed by atoms with van der Waals surface area (Å²) < 4.78 is 5.90. The molecule has 0 saturated heterocycles. The highest BCUT2D eigenvalue weighted by molar-refractivity contribution is 6.00. The van der Waals surface area contributed by atoms with Crippen LogP contribution in [0.3, 0.4) is 0 Å². The van der Waals surface area contributed by atoms with Gasteiger partial charge in [-0.15, -0.1) is 0 Å². The van der Waals surface area contributed by atoms with E-state index in [1.54, 1.807) is 30.3 Å². The molecule has 0 aromatic heterocycles. The Kier molecular flexibility index (Phi) is 4.12. The third kappa shape index (κ3) is 3.21. The zero-order chi connectivity index (χ0) is 20.7. The molecule has 9 nitrogen and oxygen atoms in total. The summed E-state index contributed by atoms with van der Waals surface area (Å²) in [5, 5.41) is 14.1. The lowest BCUT2D eigenvalue weighted by Gasteiger charge is -2.25. The van der Waals surface area contributed by atoms with Crippen molar-refractivity contribution >= 4 is 28.9 Å². The van der Waals surface area contributed by atoms with Crippen LogP contribution in [0.15, 0.2) is 54.6 Å². The van der Waals surface area contributed by atoms with Crippen LogP contribution in [0.25, 0.3) is 11.1 Å². The summed E-state index contributed by atoms with van der Waals surface area (Å²) in [7, 11) is 0. The number of benzene rings is 3. The van der Waals surface area contributed by atoms with E-state index < -0.39 is 16.7 Å². The number of nitro groups is 1. The van der Waals surface area contributed by atoms with Crippen LogP contribution in [-0.4, -0.2) is 16.7 Å². The minimum atomic E-state index is -0.656. The molecule has 1 aliphatic heterocycles. The van der Waals surface area contributed by atoms with Gasteiger partial charge in [-0.3, -0.25) is 19.7 Å². The lowest BCUT2D eigenvalue weighted by atomic mass is 9.98. The molecule has 0 saturated carbocycles. The standard InChI is InChI=1S/C20H14N4O5/c21-19(25)11-3-6-15-16(8-11)29-17-9-12(20(22)26)7-14(18(17)23-15)10-1-4-13(5-2-10)24(27)28/h1-9,23H,(H2,21,25)(H2,22,26). The zero-order valence-corrected chi connectivity index (χ0v) is 14.8. The first-order valence-corrected chi connectivity index (χ1v) is 8.45. The fourth-order valence-electron chi connectivity index (χ4n) is 3.07. The largest absolute Gasteiger partial charge is 0.453 e. The van der Waals surface area contributed by atoms with Gasteiger partial charge in [0.1, 0.15) is 0 Å². The number of nitrogens with zero attached hydrogens (tertiary/aromatic N) is 1. The SMILES string of the molecule is NC(=O)c1ccc2c(c1)Oc1cc(C(N)=O)cc(-c3ccc([N+](=O)[O-])cc3)c1N2. The van der Waals surface area contributed by atoms with E-state index in [2.05, 4.69) is 5.32 Å². The molecule has 0 unspecified atom stereocenters. The number of nitrogens with two attached hydrogens (primary N) is 2. The van der Waals surface area contributed by atoms with E-state index in [1.165, 1.54) is 24.3 Å². The van der Waals surface area contributed by atoms with E-state index >= 15 is 0 Å². The van der Waals surface area contributed by atoms with E-state index in [0.29, 0.717) is 34.0 Å². The Morgan fingerprint density at radius 3 is 2.17 bits per heavy atom. The Labute approximate surface area is 164 Å². The molecular formula is C20H14N4O5. The Balaban J connectivity index is 1.85. The highest BCUT2D eigenvalue weighted by atomic mass is 16.6. The molecule has 2 amide bonds. The first kappa shape index (κ1) is 18.0. The summed E-state index contributed by atoms with van der Waals surface area (Å²) in [6, 6.07) is 13.7. The van der Waals surface area contributed by atoms with Crippen LogP contribution in [0, 0.1) is 10.1 Å². The molecule has 1 heterocycles. The van der Waals surface area contributed by atoms with Gasteiger partial charge in [0.2, 0.25) is 11.8 Å². The Morgan fingerprint density at radius 1 is 0.897 bits per heavy atom. The smallest absolute Gasteiger partial charge is 0.269 e. The first-order valence-electron chi connectivity index (χ1n) is 8.45. The molecular weight excluding hydrogens is 376 g/mol. The van der Waals surface area contributed by atoms with Crippen LogP contribution in [-0.2, 0) is 0 Å². The molecule has 1 aliphatic rings. The van der Waals surface area contributed by atoms with Crippen molar-refractivity contribution in [3.63, 3.8) is 0 Å². The highest BCUT2D eigenvalue weighted by Gasteiger charge is 2.23. The number of nitro benzene ring substituents is 1. The summed E-state index contributed by atoms with van der Waals surface area (Å²) in [6.45, 7) is 0. The lowest BCUT2D eigenvalue weighted by molar-refractivity contribution is -0.384. The Morgan fingerprint density at radius 2 is 1.55 bits per heavy atom. The summed E-state index contributed by atoms with van der Waals surface area (Å²) >= 11 is 0.